The predicted molar refractivity (Wildman–Crippen MR) is 98.9 cm³/mol. The van der Waals surface area contributed by atoms with E-state index in [1.165, 1.54) is 0 Å². The molecule has 7 heteroatoms. The molecule has 7 nitrogen and oxygen atoms in total. The molecule has 2 aromatic rings. The fourth-order valence-corrected chi connectivity index (χ4v) is 2.02. The molecule has 1 amide bonds. The van der Waals surface area contributed by atoms with Gasteiger partial charge >= 0.3 is 0 Å². The molecule has 0 heterocycles. The number of amides is 1. The van der Waals surface area contributed by atoms with Crippen molar-refractivity contribution in [2.24, 2.45) is 10.8 Å². The van der Waals surface area contributed by atoms with Crippen LogP contribution in [0.4, 0.5) is 11.4 Å². The van der Waals surface area contributed by atoms with Gasteiger partial charge in [0.05, 0.1) is 5.69 Å². The van der Waals surface area contributed by atoms with E-state index in [1.807, 2.05) is 32.0 Å². The molecule has 126 valence electrons. The summed E-state index contributed by atoms with van der Waals surface area (Å²) in [5.74, 6) is -0.693. The number of rotatable bonds is 5. The third-order valence-electron chi connectivity index (χ3n) is 3.55. The van der Waals surface area contributed by atoms with Crippen LogP contribution >= 0.6 is 0 Å². The highest BCUT2D eigenvalue weighted by atomic mass is 16.1. The molecular formula is C18H18N6O. The van der Waals surface area contributed by atoms with E-state index in [0.717, 1.165) is 11.1 Å². The normalized spacial score (nSPS) is 10.7. The maximum Gasteiger partial charge on any atom is 0.255 e. The lowest BCUT2D eigenvalue weighted by Crippen LogP contribution is -2.21. The summed E-state index contributed by atoms with van der Waals surface area (Å²) < 4.78 is 0. The molecule has 0 aliphatic carbocycles. The number of nitriles is 1. The Hall–Kier alpha value is -3.66. The molecule has 0 unspecified atom stereocenters. The monoisotopic (exact) mass is 334 g/mol. The third-order valence-corrected chi connectivity index (χ3v) is 3.55. The van der Waals surface area contributed by atoms with Gasteiger partial charge in [0, 0.05) is 11.3 Å². The first-order valence-corrected chi connectivity index (χ1v) is 7.47. The standard InChI is InChI=1S/C18H18N6O/c1-11-6-7-14(8-12(11)2)22-18(25)13-4-3-5-15(9-13)23-24-16(10-19)17(20)21/h3-9,23H,1-2H3,(H3,20,21)(H,22,25)/b24-16+. The quantitative estimate of drug-likeness (QED) is 0.381. The molecular weight excluding hydrogens is 316 g/mol. The van der Waals surface area contributed by atoms with E-state index < -0.39 is 5.84 Å². The molecule has 0 aliphatic rings. The van der Waals surface area contributed by atoms with Crippen molar-refractivity contribution >= 4 is 28.8 Å². The van der Waals surface area contributed by atoms with E-state index in [1.54, 1.807) is 30.3 Å². The molecule has 0 saturated heterocycles. The molecule has 25 heavy (non-hydrogen) atoms. The maximum absolute atomic E-state index is 12.4. The first-order chi connectivity index (χ1) is 11.9. The minimum Gasteiger partial charge on any atom is -0.382 e. The van der Waals surface area contributed by atoms with Crippen molar-refractivity contribution in [2.45, 2.75) is 13.8 Å². The van der Waals surface area contributed by atoms with Crippen LogP contribution < -0.4 is 16.5 Å². The van der Waals surface area contributed by atoms with E-state index in [0.29, 0.717) is 16.9 Å². The molecule has 5 N–H and O–H groups in total. The zero-order valence-corrected chi connectivity index (χ0v) is 13.9. The number of nitrogens with zero attached hydrogens (tertiary/aromatic N) is 2. The Morgan fingerprint density at radius 3 is 2.56 bits per heavy atom. The summed E-state index contributed by atoms with van der Waals surface area (Å²) in [6, 6.07) is 14.0. The second-order valence-electron chi connectivity index (χ2n) is 5.43. The van der Waals surface area contributed by atoms with Gasteiger partial charge in [0.2, 0.25) is 5.71 Å². The smallest absolute Gasteiger partial charge is 0.255 e. The average molecular weight is 334 g/mol. The molecule has 0 saturated carbocycles. The van der Waals surface area contributed by atoms with Crippen molar-refractivity contribution in [2.75, 3.05) is 10.7 Å². The maximum atomic E-state index is 12.4. The molecule has 0 fully saturated rings. The lowest BCUT2D eigenvalue weighted by atomic mass is 10.1. The van der Waals surface area contributed by atoms with Gasteiger partial charge in [-0.05, 0) is 55.3 Å². The lowest BCUT2D eigenvalue weighted by molar-refractivity contribution is 0.102. The second kappa shape index (κ2) is 7.75. The minimum atomic E-state index is -0.432. The summed E-state index contributed by atoms with van der Waals surface area (Å²) in [5, 5.41) is 22.6. The predicted octanol–water partition coefficient (Wildman–Crippen LogP) is 2.78. The number of hydrazone groups is 1. The summed E-state index contributed by atoms with van der Waals surface area (Å²) in [4.78, 5) is 12.4. The van der Waals surface area contributed by atoms with Gasteiger partial charge in [-0.25, -0.2) is 0 Å². The van der Waals surface area contributed by atoms with Crippen LogP contribution in [0.1, 0.15) is 21.5 Å². The zero-order chi connectivity index (χ0) is 18.4. The Balaban J connectivity index is 2.14. The summed E-state index contributed by atoms with van der Waals surface area (Å²) in [7, 11) is 0. The van der Waals surface area contributed by atoms with Crippen molar-refractivity contribution in [3.8, 4) is 6.07 Å². The Morgan fingerprint density at radius 2 is 1.92 bits per heavy atom. The van der Waals surface area contributed by atoms with Crippen molar-refractivity contribution in [1.29, 1.82) is 10.7 Å². The topological polar surface area (TPSA) is 127 Å². The van der Waals surface area contributed by atoms with Crippen LogP contribution in [-0.4, -0.2) is 17.5 Å². The Bertz CT molecular complexity index is 895. The highest BCUT2D eigenvalue weighted by Gasteiger charge is 2.08. The number of nitrogens with two attached hydrogens (primary N) is 1. The Morgan fingerprint density at radius 1 is 1.16 bits per heavy atom. The first kappa shape index (κ1) is 17.7. The summed E-state index contributed by atoms with van der Waals surface area (Å²) >= 11 is 0. The molecule has 0 atom stereocenters. The molecule has 0 aromatic heterocycles. The number of carbonyl (C=O) groups excluding carboxylic acids is 1. The van der Waals surface area contributed by atoms with Crippen LogP contribution in [0, 0.1) is 30.6 Å². The zero-order valence-electron chi connectivity index (χ0n) is 13.9. The Labute approximate surface area is 145 Å². The fraction of sp³-hybridized carbons (Fsp3) is 0.111. The van der Waals surface area contributed by atoms with Crippen LogP contribution in [0.15, 0.2) is 47.6 Å². The Kier molecular flexibility index (Phi) is 5.48. The highest BCUT2D eigenvalue weighted by molar-refractivity contribution is 6.45. The molecule has 0 spiro atoms. The van der Waals surface area contributed by atoms with E-state index >= 15 is 0 Å². The van der Waals surface area contributed by atoms with Gasteiger partial charge in [-0.2, -0.15) is 10.4 Å². The van der Waals surface area contributed by atoms with Crippen LogP contribution in [0.2, 0.25) is 0 Å². The molecule has 0 aliphatic heterocycles. The van der Waals surface area contributed by atoms with Gasteiger partial charge in [-0.1, -0.05) is 12.1 Å². The van der Waals surface area contributed by atoms with Gasteiger partial charge in [-0.15, -0.1) is 0 Å². The minimum absolute atomic E-state index is 0.231. The van der Waals surface area contributed by atoms with Crippen molar-refractivity contribution in [3.05, 3.63) is 59.2 Å². The third kappa shape index (κ3) is 4.65. The molecule has 0 bridgehead atoms. The SMILES string of the molecule is Cc1ccc(NC(=O)c2cccc(N/N=C(\C#N)C(=N)N)c2)cc1C. The van der Waals surface area contributed by atoms with Gasteiger partial charge in [0.15, 0.2) is 5.84 Å². The van der Waals surface area contributed by atoms with E-state index in [4.69, 9.17) is 16.4 Å². The van der Waals surface area contributed by atoms with E-state index in [2.05, 4.69) is 15.8 Å². The number of anilines is 2. The number of amidine groups is 1. The number of aryl methyl sites for hydroxylation is 2. The summed E-state index contributed by atoms with van der Waals surface area (Å²) in [5.41, 5.74) is 11.5. The van der Waals surface area contributed by atoms with Crippen LogP contribution in [0.3, 0.4) is 0 Å². The molecule has 2 aromatic carbocycles. The van der Waals surface area contributed by atoms with Crippen molar-refractivity contribution in [3.63, 3.8) is 0 Å². The summed E-state index contributed by atoms with van der Waals surface area (Å²) in [6.07, 6.45) is 0. The average Bonchev–Trinajstić information content (AvgIpc) is 2.58. The van der Waals surface area contributed by atoms with E-state index in [9.17, 15) is 4.79 Å². The number of benzene rings is 2. The number of hydrogen-bond acceptors (Lipinski definition) is 5. The number of carbonyl (C=O) groups is 1. The van der Waals surface area contributed by atoms with Gasteiger partial charge in [-0.3, -0.25) is 15.6 Å². The lowest BCUT2D eigenvalue weighted by Gasteiger charge is -2.09. The van der Waals surface area contributed by atoms with Crippen LogP contribution in [0.25, 0.3) is 0 Å². The number of hydrogen-bond donors (Lipinski definition) is 4. The molecule has 0 radical (unpaired) electrons. The van der Waals surface area contributed by atoms with Crippen molar-refractivity contribution < 1.29 is 4.79 Å². The van der Waals surface area contributed by atoms with Gasteiger partial charge in [0.1, 0.15) is 6.07 Å². The van der Waals surface area contributed by atoms with Crippen LogP contribution in [0.5, 0.6) is 0 Å². The first-order valence-electron chi connectivity index (χ1n) is 7.47. The summed E-state index contributed by atoms with van der Waals surface area (Å²) in [6.45, 7) is 3.99. The van der Waals surface area contributed by atoms with Gasteiger partial charge < -0.3 is 11.1 Å². The van der Waals surface area contributed by atoms with Crippen LogP contribution in [-0.2, 0) is 0 Å². The van der Waals surface area contributed by atoms with Crippen molar-refractivity contribution in [1.82, 2.24) is 0 Å². The highest BCUT2D eigenvalue weighted by Crippen LogP contribution is 2.16. The second-order valence-corrected chi connectivity index (χ2v) is 5.43. The largest absolute Gasteiger partial charge is 0.382 e. The van der Waals surface area contributed by atoms with Gasteiger partial charge in [0.25, 0.3) is 5.91 Å². The molecule has 2 rings (SSSR count). The number of nitrogens with one attached hydrogen (secondary N) is 3. The van der Waals surface area contributed by atoms with E-state index in [-0.39, 0.29) is 11.6 Å². The fourth-order valence-electron chi connectivity index (χ4n) is 2.02.